The van der Waals surface area contributed by atoms with E-state index in [9.17, 15) is 48.6 Å². The van der Waals surface area contributed by atoms with Gasteiger partial charge in [0.1, 0.15) is 53.8 Å². The first-order chi connectivity index (χ1) is 40.2. The molecule has 84 heavy (non-hydrogen) atoms. The molecule has 0 spiro atoms. The molecule has 1 aliphatic rings. The maximum absolute atomic E-state index is 15.0. The van der Waals surface area contributed by atoms with Crippen molar-refractivity contribution in [3.05, 3.63) is 132 Å². The van der Waals surface area contributed by atoms with Gasteiger partial charge in [-0.1, -0.05) is 74.5 Å². The number of aromatic amines is 2. The van der Waals surface area contributed by atoms with Crippen LogP contribution in [0.5, 0.6) is 11.5 Å². The molecule has 2 aromatic heterocycles. The van der Waals surface area contributed by atoms with E-state index in [0.29, 0.717) is 33.2 Å². The lowest BCUT2D eigenvalue weighted by Crippen LogP contribution is -2.61. The number of phenolic OH excluding ortho intramolecular Hbond substituents is 2. The highest BCUT2D eigenvalue weighted by Gasteiger charge is 2.36. The fourth-order valence-corrected chi connectivity index (χ4v) is 9.81. The Morgan fingerprint density at radius 2 is 0.917 bits per heavy atom. The van der Waals surface area contributed by atoms with Crippen LogP contribution < -0.4 is 59.7 Å². The van der Waals surface area contributed by atoms with E-state index >= 15 is 4.79 Å². The van der Waals surface area contributed by atoms with Gasteiger partial charge in [0.15, 0.2) is 5.96 Å². The van der Waals surface area contributed by atoms with E-state index in [1.165, 1.54) is 48.5 Å². The molecule has 25 nitrogen and oxygen atoms in total. The van der Waals surface area contributed by atoms with Gasteiger partial charge in [0, 0.05) is 72.8 Å². The standard InChI is InChI=1S/C59H72N14O11/c1-32(2)24-45-55(81)68-43(12-7-23-63-59(61)62)53(79)72-48(27-35-29-64-41-10-5-3-8-39(35)41)52(78)66-31-51(77)67-46(25-33-13-17-37(74)18-14-33)56(82)73-49(28-36-30-65-42-11-6-4-9-40(36)42)58(84)71-47(26-34-15-19-38(75)20-16-34)57(83)69-44(54(80)70-45)21-22-50(60)76/h3-6,8-11,13-20,29-30,32,43-49,64-65,74-75H,7,12,21-28,31H2,1-2H3,(H2,60,76)(H,66,78)(H,67,77)(H,68,81)(H,69,83)(H,70,80)(H,71,84)(H,72,79)(H,73,82)(H4,61,62,63). The SMILES string of the molecule is CC(C)CC1NC(=O)C(CCC(N)=O)NC(=O)C(Cc2ccc(O)cc2)NC(=O)C(Cc2c[nH]c3ccccc23)NC(=O)C(Cc2ccc(O)cc2)NC(=O)CNC(=O)C(Cc2c[nH]c3ccccc23)NC(=O)C(CCCN=C(N)N)NC1=O. The van der Waals surface area contributed by atoms with Crippen molar-refractivity contribution in [1.82, 2.24) is 52.5 Å². The summed E-state index contributed by atoms with van der Waals surface area (Å²) in [5.74, 6) is -8.42. The molecule has 0 aliphatic carbocycles. The predicted molar refractivity (Wildman–Crippen MR) is 312 cm³/mol. The van der Waals surface area contributed by atoms with Crippen LogP contribution in [0.25, 0.3) is 21.8 Å². The second-order valence-electron chi connectivity index (χ2n) is 21.2. The molecular formula is C59H72N14O11. The highest BCUT2D eigenvalue weighted by molar-refractivity contribution is 5.99. The molecule has 0 radical (unpaired) electrons. The fraction of sp³-hybridized carbons (Fsp3) is 0.356. The molecule has 3 heterocycles. The minimum absolute atomic E-state index is 0.00290. The normalized spacial score (nSPS) is 21.0. The van der Waals surface area contributed by atoms with Crippen molar-refractivity contribution in [2.24, 2.45) is 28.1 Å². The number of hydrogen-bond acceptors (Lipinski definition) is 12. The molecule has 0 bridgehead atoms. The number of aromatic nitrogens is 2. The monoisotopic (exact) mass is 1150 g/mol. The number of carbonyl (C=O) groups excluding carboxylic acids is 9. The summed E-state index contributed by atoms with van der Waals surface area (Å²) in [6.07, 6.45) is 1.88. The van der Waals surface area contributed by atoms with Gasteiger partial charge in [-0.2, -0.15) is 0 Å². The number of guanidine groups is 1. The summed E-state index contributed by atoms with van der Waals surface area (Å²) in [6.45, 7) is 2.88. The van der Waals surface area contributed by atoms with Crippen molar-refractivity contribution in [3.8, 4) is 11.5 Å². The van der Waals surface area contributed by atoms with Crippen molar-refractivity contribution in [1.29, 1.82) is 0 Å². The zero-order valence-corrected chi connectivity index (χ0v) is 46.5. The Kier molecular flexibility index (Phi) is 21.4. The van der Waals surface area contributed by atoms with Gasteiger partial charge in [-0.3, -0.25) is 48.1 Å². The number of benzene rings is 4. The number of fused-ring (bicyclic) bond motifs is 2. The number of primary amides is 1. The number of aromatic hydroxyl groups is 2. The zero-order chi connectivity index (χ0) is 60.5. The van der Waals surface area contributed by atoms with Gasteiger partial charge in [0.05, 0.1) is 6.54 Å². The summed E-state index contributed by atoms with van der Waals surface area (Å²) >= 11 is 0. The van der Waals surface area contributed by atoms with E-state index in [2.05, 4.69) is 57.5 Å². The summed E-state index contributed by atoms with van der Waals surface area (Å²) in [4.78, 5) is 140. The third kappa shape index (κ3) is 17.8. The molecule has 7 rings (SSSR count). The minimum Gasteiger partial charge on any atom is -0.508 e. The fourth-order valence-electron chi connectivity index (χ4n) is 9.81. The molecule has 25 heteroatoms. The molecule has 1 saturated heterocycles. The highest BCUT2D eigenvalue weighted by atomic mass is 16.3. The first kappa shape index (κ1) is 61.7. The zero-order valence-electron chi connectivity index (χ0n) is 46.5. The highest BCUT2D eigenvalue weighted by Crippen LogP contribution is 2.22. The molecule has 7 atom stereocenters. The van der Waals surface area contributed by atoms with Crippen LogP contribution in [-0.4, -0.2) is 135 Å². The van der Waals surface area contributed by atoms with Crippen LogP contribution in [0.15, 0.2) is 114 Å². The number of phenols is 2. The molecule has 1 fully saturated rings. The number of nitrogens with two attached hydrogens (primary N) is 3. The third-order valence-corrected chi connectivity index (χ3v) is 14.2. The third-order valence-electron chi connectivity index (χ3n) is 14.2. The van der Waals surface area contributed by atoms with E-state index in [-0.39, 0.29) is 81.3 Å². The van der Waals surface area contributed by atoms with Crippen LogP contribution in [-0.2, 0) is 68.8 Å². The molecule has 444 valence electrons. The van der Waals surface area contributed by atoms with E-state index in [1.807, 2.05) is 36.4 Å². The van der Waals surface area contributed by atoms with Gasteiger partial charge in [-0.25, -0.2) is 0 Å². The Morgan fingerprint density at radius 1 is 0.512 bits per heavy atom. The maximum atomic E-state index is 15.0. The van der Waals surface area contributed by atoms with Gasteiger partial charge in [0.25, 0.3) is 0 Å². The second kappa shape index (κ2) is 29.2. The van der Waals surface area contributed by atoms with Crippen LogP contribution >= 0.6 is 0 Å². The lowest BCUT2D eigenvalue weighted by molar-refractivity contribution is -0.136. The van der Waals surface area contributed by atoms with E-state index in [4.69, 9.17) is 17.2 Å². The van der Waals surface area contributed by atoms with Crippen molar-refractivity contribution in [2.75, 3.05) is 13.1 Å². The van der Waals surface area contributed by atoms with Gasteiger partial charge >= 0.3 is 0 Å². The summed E-state index contributed by atoms with van der Waals surface area (Å²) in [7, 11) is 0. The van der Waals surface area contributed by atoms with Crippen molar-refractivity contribution in [3.63, 3.8) is 0 Å². The van der Waals surface area contributed by atoms with Crippen LogP contribution in [0.2, 0.25) is 0 Å². The minimum atomic E-state index is -1.56. The average Bonchev–Trinajstić information content (AvgIpc) is 4.01. The topological polar surface area (TPSA) is 412 Å². The number of carbonyl (C=O) groups is 9. The van der Waals surface area contributed by atoms with E-state index < -0.39 is 108 Å². The van der Waals surface area contributed by atoms with Gasteiger partial charge < -0.3 is 79.9 Å². The Labute approximate surface area is 483 Å². The molecular weight excluding hydrogens is 1080 g/mol. The molecule has 7 unspecified atom stereocenters. The predicted octanol–water partition coefficient (Wildman–Crippen LogP) is 0.220. The number of nitrogens with zero attached hydrogens (tertiary/aromatic N) is 1. The lowest BCUT2D eigenvalue weighted by Gasteiger charge is -2.29. The van der Waals surface area contributed by atoms with Gasteiger partial charge in [-0.15, -0.1) is 0 Å². The first-order valence-corrected chi connectivity index (χ1v) is 27.6. The molecule has 1 aliphatic heterocycles. The Hall–Kier alpha value is -9.94. The van der Waals surface area contributed by atoms with Crippen LogP contribution in [0.4, 0.5) is 0 Å². The maximum Gasteiger partial charge on any atom is 0.243 e. The van der Waals surface area contributed by atoms with Crippen molar-refractivity contribution >= 4 is 80.9 Å². The number of nitrogens with one attached hydrogen (secondary N) is 10. The number of aliphatic imine (C=N–C) groups is 1. The summed E-state index contributed by atoms with van der Waals surface area (Å²) in [5.41, 5.74) is 20.3. The summed E-state index contributed by atoms with van der Waals surface area (Å²) < 4.78 is 0. The largest absolute Gasteiger partial charge is 0.508 e. The van der Waals surface area contributed by atoms with Crippen LogP contribution in [0, 0.1) is 5.92 Å². The van der Waals surface area contributed by atoms with Crippen molar-refractivity contribution < 1.29 is 53.4 Å². The first-order valence-electron chi connectivity index (χ1n) is 27.6. The Morgan fingerprint density at radius 3 is 1.39 bits per heavy atom. The smallest absolute Gasteiger partial charge is 0.243 e. The van der Waals surface area contributed by atoms with E-state index in [1.54, 1.807) is 38.4 Å². The molecule has 6 aromatic rings. The summed E-state index contributed by atoms with van der Waals surface area (Å²) in [6, 6.07) is 15.9. The number of H-pyrrole nitrogens is 2. The average molecular weight is 1150 g/mol. The molecule has 4 aromatic carbocycles. The lowest BCUT2D eigenvalue weighted by atomic mass is 9.99. The summed E-state index contributed by atoms with van der Waals surface area (Å²) in [5, 5.41) is 43.3. The van der Waals surface area contributed by atoms with Crippen molar-refractivity contribution in [2.45, 2.75) is 114 Å². The molecule has 9 amide bonds. The number of amides is 9. The Balaban J connectivity index is 1.31. The van der Waals surface area contributed by atoms with Gasteiger partial charge in [-0.05, 0) is 90.3 Å². The quantitative estimate of drug-likeness (QED) is 0.0331. The van der Waals surface area contributed by atoms with Gasteiger partial charge in [0.2, 0.25) is 53.2 Å². The second-order valence-corrected chi connectivity index (χ2v) is 21.2. The molecule has 0 saturated carbocycles. The van der Waals surface area contributed by atoms with Crippen LogP contribution in [0.3, 0.4) is 0 Å². The van der Waals surface area contributed by atoms with Crippen LogP contribution in [0.1, 0.15) is 68.2 Å². The number of hydrogen-bond donors (Lipinski definition) is 15. The number of rotatable bonds is 17. The van der Waals surface area contributed by atoms with E-state index in [0.717, 1.165) is 10.9 Å². The Bertz CT molecular complexity index is 3360. The number of para-hydroxylation sites is 2. The molecule has 18 N–H and O–H groups in total.